The summed E-state index contributed by atoms with van der Waals surface area (Å²) in [5.41, 5.74) is 0.635. The van der Waals surface area contributed by atoms with Crippen molar-refractivity contribution in [3.05, 3.63) is 72.1 Å². The number of amides is 1. The number of carbonyl (C=O) groups is 2. The first-order valence-electron chi connectivity index (χ1n) is 12.5. The molecule has 10 heteroatoms. The Labute approximate surface area is 224 Å². The van der Waals surface area contributed by atoms with Gasteiger partial charge in [0.2, 0.25) is 10.0 Å². The van der Waals surface area contributed by atoms with Crippen LogP contribution in [0.5, 0.6) is 0 Å². The first-order valence-corrected chi connectivity index (χ1v) is 13.9. The van der Waals surface area contributed by atoms with Gasteiger partial charge in [0, 0.05) is 42.8 Å². The van der Waals surface area contributed by atoms with Crippen molar-refractivity contribution in [2.24, 2.45) is 0 Å². The van der Waals surface area contributed by atoms with Gasteiger partial charge >= 0.3 is 12.1 Å². The number of fused-ring (bicyclic) bond motifs is 1. The van der Waals surface area contributed by atoms with Crippen LogP contribution >= 0.6 is 0 Å². The number of nitrogens with zero attached hydrogens (tertiary/aromatic N) is 2. The van der Waals surface area contributed by atoms with Crippen LogP contribution in [0, 0.1) is 0 Å². The zero-order valence-corrected chi connectivity index (χ0v) is 23.1. The van der Waals surface area contributed by atoms with Gasteiger partial charge < -0.3 is 14.8 Å². The second-order valence-electron chi connectivity index (χ2n) is 9.79. The van der Waals surface area contributed by atoms with E-state index in [9.17, 15) is 18.0 Å². The number of ether oxygens (including phenoxy) is 2. The van der Waals surface area contributed by atoms with Crippen LogP contribution < -0.4 is 5.32 Å². The topological polar surface area (TPSA) is 115 Å². The lowest BCUT2D eigenvalue weighted by Crippen LogP contribution is -2.37. The number of sulfonamides is 1. The largest absolute Gasteiger partial charge is 0.465 e. The van der Waals surface area contributed by atoms with Crippen LogP contribution in [0.15, 0.2) is 65.8 Å². The summed E-state index contributed by atoms with van der Waals surface area (Å²) in [6.45, 7) is 6.01. The van der Waals surface area contributed by atoms with E-state index in [1.54, 1.807) is 63.5 Å². The van der Waals surface area contributed by atoms with Gasteiger partial charge in [0.1, 0.15) is 5.60 Å². The van der Waals surface area contributed by atoms with E-state index >= 15 is 0 Å². The summed E-state index contributed by atoms with van der Waals surface area (Å²) in [5.74, 6) is -0.428. The molecule has 0 saturated heterocycles. The molecule has 0 aliphatic carbocycles. The normalized spacial score (nSPS) is 11.9. The van der Waals surface area contributed by atoms with Crippen LogP contribution in [0.3, 0.4) is 0 Å². The minimum Gasteiger partial charge on any atom is -0.465 e. The van der Waals surface area contributed by atoms with Gasteiger partial charge in [-0.2, -0.15) is 4.31 Å². The summed E-state index contributed by atoms with van der Waals surface area (Å²) in [7, 11) is -2.54. The summed E-state index contributed by atoms with van der Waals surface area (Å²) in [6.07, 6.45) is 4.02. The lowest BCUT2D eigenvalue weighted by atomic mass is 10.0. The Morgan fingerprint density at radius 2 is 1.74 bits per heavy atom. The third-order valence-electron chi connectivity index (χ3n) is 5.79. The Bertz CT molecular complexity index is 1360. The Morgan fingerprint density at radius 3 is 2.47 bits per heavy atom. The van der Waals surface area contributed by atoms with Crippen LogP contribution in [-0.4, -0.2) is 62.1 Å². The molecule has 1 heterocycles. The van der Waals surface area contributed by atoms with Crippen molar-refractivity contribution in [3.63, 3.8) is 0 Å². The van der Waals surface area contributed by atoms with Gasteiger partial charge in [0.05, 0.1) is 17.6 Å². The molecule has 0 unspecified atom stereocenters. The molecule has 1 amide bonds. The minimum absolute atomic E-state index is 0.193. The molecule has 0 radical (unpaired) electrons. The second kappa shape index (κ2) is 12.8. The number of pyridine rings is 1. The molecule has 0 bridgehead atoms. The Balaban J connectivity index is 1.77. The third-order valence-corrected chi connectivity index (χ3v) is 7.74. The maximum absolute atomic E-state index is 13.8. The van der Waals surface area contributed by atoms with Crippen molar-refractivity contribution in [2.45, 2.75) is 50.5 Å². The van der Waals surface area contributed by atoms with E-state index in [1.165, 1.54) is 11.4 Å². The fraction of sp³-hybridized carbons (Fsp3) is 0.393. The monoisotopic (exact) mass is 541 g/mol. The molecule has 1 N–H and O–H groups in total. The number of esters is 1. The van der Waals surface area contributed by atoms with Crippen LogP contribution in [0.1, 0.15) is 49.5 Å². The number of benzene rings is 2. The lowest BCUT2D eigenvalue weighted by Gasteiger charge is -2.24. The molecule has 0 saturated carbocycles. The minimum atomic E-state index is -3.87. The van der Waals surface area contributed by atoms with E-state index in [0.29, 0.717) is 30.2 Å². The predicted octanol–water partition coefficient (Wildman–Crippen LogP) is 4.56. The Hall–Kier alpha value is -3.50. The highest BCUT2D eigenvalue weighted by Crippen LogP contribution is 2.26. The SMILES string of the molecule is COC(=O)c1ccccc1CCCN(CCCNC(=O)OC(C)(C)C)S(=O)(=O)c1cccc2cnccc12. The van der Waals surface area contributed by atoms with Gasteiger partial charge in [0.15, 0.2) is 0 Å². The first kappa shape index (κ1) is 29.1. The summed E-state index contributed by atoms with van der Waals surface area (Å²) in [6, 6.07) is 13.9. The van der Waals surface area contributed by atoms with E-state index < -0.39 is 27.7 Å². The maximum atomic E-state index is 13.8. The number of methoxy groups -OCH3 is 1. The standard InChI is InChI=1S/C28H35N3O6S/c1-28(2,3)37-27(33)30-16-9-19-31(18-8-12-21-10-5-6-13-24(21)26(32)36-4)38(34,35)25-14-7-11-22-20-29-17-15-23(22)25/h5-7,10-11,13-15,17,20H,8-9,12,16,18-19H2,1-4H3,(H,30,33). The van der Waals surface area contributed by atoms with Crippen molar-refractivity contribution in [3.8, 4) is 0 Å². The molecule has 38 heavy (non-hydrogen) atoms. The van der Waals surface area contributed by atoms with Crippen molar-refractivity contribution < 1.29 is 27.5 Å². The van der Waals surface area contributed by atoms with Crippen molar-refractivity contribution >= 4 is 32.9 Å². The third kappa shape index (κ3) is 7.75. The molecular weight excluding hydrogens is 506 g/mol. The van der Waals surface area contributed by atoms with Crippen LogP contribution in [0.4, 0.5) is 4.79 Å². The van der Waals surface area contributed by atoms with Gasteiger partial charge in [0.25, 0.3) is 0 Å². The summed E-state index contributed by atoms with van der Waals surface area (Å²) >= 11 is 0. The lowest BCUT2D eigenvalue weighted by molar-refractivity contribution is 0.0525. The van der Waals surface area contributed by atoms with Gasteiger partial charge in [-0.05, 0) is 63.8 Å². The number of alkyl carbamates (subject to hydrolysis) is 1. The van der Waals surface area contributed by atoms with Gasteiger partial charge in [-0.3, -0.25) is 4.98 Å². The molecule has 0 aliphatic heterocycles. The highest BCUT2D eigenvalue weighted by molar-refractivity contribution is 7.89. The second-order valence-corrected chi connectivity index (χ2v) is 11.7. The number of hydrogen-bond donors (Lipinski definition) is 1. The van der Waals surface area contributed by atoms with Crippen molar-refractivity contribution in [1.82, 2.24) is 14.6 Å². The molecule has 9 nitrogen and oxygen atoms in total. The maximum Gasteiger partial charge on any atom is 0.407 e. The average Bonchev–Trinajstić information content (AvgIpc) is 2.88. The Morgan fingerprint density at radius 1 is 1.00 bits per heavy atom. The molecule has 0 atom stereocenters. The molecule has 0 spiro atoms. The van der Waals surface area contributed by atoms with E-state index in [4.69, 9.17) is 9.47 Å². The number of carbonyl (C=O) groups excluding carboxylic acids is 2. The van der Waals surface area contributed by atoms with E-state index in [2.05, 4.69) is 10.3 Å². The molecule has 204 valence electrons. The predicted molar refractivity (Wildman–Crippen MR) is 145 cm³/mol. The molecule has 2 aromatic carbocycles. The molecular formula is C28H35N3O6S. The smallest absolute Gasteiger partial charge is 0.407 e. The number of aryl methyl sites for hydroxylation is 1. The van der Waals surface area contributed by atoms with Gasteiger partial charge in [-0.1, -0.05) is 30.3 Å². The quantitative estimate of drug-likeness (QED) is 0.280. The summed E-state index contributed by atoms with van der Waals surface area (Å²) in [4.78, 5) is 28.4. The van der Waals surface area contributed by atoms with Crippen molar-refractivity contribution in [1.29, 1.82) is 0 Å². The van der Waals surface area contributed by atoms with Crippen LogP contribution in [-0.2, 0) is 25.9 Å². The highest BCUT2D eigenvalue weighted by Gasteiger charge is 2.26. The molecule has 0 fully saturated rings. The summed E-state index contributed by atoms with van der Waals surface area (Å²) in [5, 5.41) is 4.00. The number of nitrogens with one attached hydrogen (secondary N) is 1. The van der Waals surface area contributed by atoms with E-state index in [1.807, 2.05) is 18.2 Å². The highest BCUT2D eigenvalue weighted by atomic mass is 32.2. The van der Waals surface area contributed by atoms with E-state index in [-0.39, 0.29) is 24.5 Å². The van der Waals surface area contributed by atoms with Gasteiger partial charge in [-0.25, -0.2) is 18.0 Å². The first-order chi connectivity index (χ1) is 18.0. The van der Waals surface area contributed by atoms with Crippen LogP contribution in [0.2, 0.25) is 0 Å². The zero-order valence-electron chi connectivity index (χ0n) is 22.3. The number of rotatable bonds is 11. The molecule has 0 aliphatic rings. The fourth-order valence-corrected chi connectivity index (χ4v) is 5.79. The van der Waals surface area contributed by atoms with Crippen LogP contribution in [0.25, 0.3) is 10.8 Å². The Kier molecular flexibility index (Phi) is 9.82. The average molecular weight is 542 g/mol. The fourth-order valence-electron chi connectivity index (χ4n) is 4.06. The van der Waals surface area contributed by atoms with Crippen molar-refractivity contribution in [2.75, 3.05) is 26.7 Å². The summed E-state index contributed by atoms with van der Waals surface area (Å²) < 4.78 is 39.3. The van der Waals surface area contributed by atoms with Gasteiger partial charge in [-0.15, -0.1) is 0 Å². The molecule has 3 aromatic rings. The number of aromatic nitrogens is 1. The number of hydrogen-bond acceptors (Lipinski definition) is 7. The zero-order chi connectivity index (χ0) is 27.8. The molecule has 3 rings (SSSR count). The molecule has 1 aromatic heterocycles. The van der Waals surface area contributed by atoms with E-state index in [0.717, 1.165) is 10.9 Å².